The number of rotatable bonds is 0. The van der Waals surface area contributed by atoms with Crippen LogP contribution < -0.4 is 0 Å². The third kappa shape index (κ3) is 10.3. The Labute approximate surface area is 61.9 Å². The van der Waals surface area contributed by atoms with Gasteiger partial charge in [0.25, 0.3) is 0 Å². The van der Waals surface area contributed by atoms with Crippen LogP contribution in [0.25, 0.3) is 0 Å². The lowest BCUT2D eigenvalue weighted by molar-refractivity contribution is 0.222. The van der Waals surface area contributed by atoms with Gasteiger partial charge in [-0.1, -0.05) is 0 Å². The highest BCUT2D eigenvalue weighted by Crippen LogP contribution is 2.49. The average Bonchev–Trinajstić information content (AvgIpc) is 1.57. The Morgan fingerprint density at radius 3 is 1.45 bits per heavy atom. The van der Waals surface area contributed by atoms with E-state index in [1.165, 1.54) is 0 Å². The summed E-state index contributed by atoms with van der Waals surface area (Å²) in [6.45, 7) is 0. The first-order valence-electron chi connectivity index (χ1n) is 2.00. The zero-order valence-corrected chi connectivity index (χ0v) is 6.68. The molecule has 4 N–H and O–H groups in total. The molecule has 1 aliphatic heterocycles. The Bertz CT molecular complexity index is 186. The fourth-order valence-electron chi connectivity index (χ4n) is 0.117. The normalized spacial score (nSPS) is 20.4. The maximum atomic E-state index is 9.75. The van der Waals surface area contributed by atoms with Crippen molar-refractivity contribution in [2.75, 3.05) is 0 Å². The summed E-state index contributed by atoms with van der Waals surface area (Å²) in [5.41, 5.74) is 0. The van der Waals surface area contributed by atoms with Crippen LogP contribution in [0.5, 0.6) is 0 Å². The highest BCUT2D eigenvalue weighted by Gasteiger charge is 2.32. The van der Waals surface area contributed by atoms with Gasteiger partial charge in [-0.05, 0) is 0 Å². The molecule has 0 saturated carbocycles. The molecule has 1 saturated heterocycles. The SMILES string of the molecule is O=P(O)(O)O.O=P1(O)O[B]O1. The predicted molar refractivity (Wildman–Crippen MR) is 32.0 cm³/mol. The van der Waals surface area contributed by atoms with Gasteiger partial charge in [0.2, 0.25) is 0 Å². The summed E-state index contributed by atoms with van der Waals surface area (Å²) >= 11 is 0. The van der Waals surface area contributed by atoms with Crippen molar-refractivity contribution in [1.82, 2.24) is 0 Å². The van der Waals surface area contributed by atoms with Crippen LogP contribution in [0.2, 0.25) is 0 Å². The van der Waals surface area contributed by atoms with Crippen LogP contribution in [0.15, 0.2) is 0 Å². The second-order valence-electron chi connectivity index (χ2n) is 1.29. The van der Waals surface area contributed by atoms with Crippen molar-refractivity contribution in [2.24, 2.45) is 0 Å². The van der Waals surface area contributed by atoms with E-state index in [1.54, 1.807) is 0 Å². The minimum absolute atomic E-state index is 0.820. The molecule has 1 heterocycles. The maximum Gasteiger partial charge on any atom is 0.505 e. The van der Waals surface area contributed by atoms with Crippen molar-refractivity contribution in [3.05, 3.63) is 0 Å². The molecular formula is H4BO8P2. The van der Waals surface area contributed by atoms with Gasteiger partial charge in [0, 0.05) is 0 Å². The fraction of sp³-hybridized carbons (Fsp3) is 0. The molecule has 0 aromatic carbocycles. The van der Waals surface area contributed by atoms with E-state index in [2.05, 4.69) is 8.88 Å². The molecule has 1 fully saturated rings. The molecule has 0 unspecified atom stereocenters. The van der Waals surface area contributed by atoms with Gasteiger partial charge in [0.05, 0.1) is 0 Å². The molecule has 1 rings (SSSR count). The Morgan fingerprint density at radius 1 is 1.27 bits per heavy atom. The van der Waals surface area contributed by atoms with Crippen LogP contribution in [-0.4, -0.2) is 27.3 Å². The molecule has 1 radical (unpaired) electrons. The van der Waals surface area contributed by atoms with Crippen molar-refractivity contribution in [2.45, 2.75) is 0 Å². The van der Waals surface area contributed by atoms with Gasteiger partial charge < -0.3 is 28.5 Å². The molecule has 0 atom stereocenters. The van der Waals surface area contributed by atoms with Gasteiger partial charge in [-0.3, -0.25) is 0 Å². The van der Waals surface area contributed by atoms with Crippen molar-refractivity contribution < 1.29 is 37.6 Å². The molecule has 1 aliphatic rings. The first-order chi connectivity index (χ1) is 4.71. The lowest BCUT2D eigenvalue weighted by Crippen LogP contribution is -2.12. The first-order valence-corrected chi connectivity index (χ1v) is 5.06. The second kappa shape index (κ2) is 3.80. The largest absolute Gasteiger partial charge is 0.505 e. The Balaban J connectivity index is 0.000000187. The molecule has 8 nitrogen and oxygen atoms in total. The van der Waals surface area contributed by atoms with Crippen LogP contribution in [-0.2, 0) is 18.0 Å². The zero-order valence-electron chi connectivity index (χ0n) is 4.89. The van der Waals surface area contributed by atoms with E-state index in [1.807, 2.05) is 0 Å². The summed E-state index contributed by atoms with van der Waals surface area (Å²) in [5, 5.41) is 0. The van der Waals surface area contributed by atoms with Gasteiger partial charge in [-0.25, -0.2) is 9.13 Å². The van der Waals surface area contributed by atoms with Crippen molar-refractivity contribution in [3.8, 4) is 0 Å². The van der Waals surface area contributed by atoms with Gasteiger partial charge >= 0.3 is 23.3 Å². The number of hydrogen-bond donors (Lipinski definition) is 4. The quantitative estimate of drug-likeness (QED) is 0.284. The van der Waals surface area contributed by atoms with E-state index in [9.17, 15) is 4.57 Å². The Hall–Kier alpha value is 0.285. The van der Waals surface area contributed by atoms with Gasteiger partial charge in [-0.15, -0.1) is 0 Å². The summed E-state index contributed by atoms with van der Waals surface area (Å²) in [7, 11) is -7.34. The topological polar surface area (TPSA) is 134 Å². The highest BCUT2D eigenvalue weighted by molar-refractivity contribution is 7.52. The first kappa shape index (κ1) is 11.3. The van der Waals surface area contributed by atoms with Crippen molar-refractivity contribution in [1.29, 1.82) is 0 Å². The fourth-order valence-corrected chi connectivity index (χ4v) is 0.350. The van der Waals surface area contributed by atoms with E-state index in [-0.39, 0.29) is 0 Å². The molecule has 0 spiro atoms. The average molecular weight is 205 g/mol. The molecule has 0 aromatic rings. The number of phosphoric acid groups is 2. The standard InChI is InChI=1S/BHO4P.H3O4P/c2-6(3)4-1-5-6;1-5(2,3)4/h(H,2,3);(H3,1,2,3,4). The third-order valence-electron chi connectivity index (χ3n) is 0.352. The van der Waals surface area contributed by atoms with E-state index in [4.69, 9.17) is 24.1 Å². The lowest BCUT2D eigenvalue weighted by Gasteiger charge is -2.17. The maximum absolute atomic E-state index is 9.75. The Morgan fingerprint density at radius 2 is 1.45 bits per heavy atom. The molecule has 0 amide bonds. The van der Waals surface area contributed by atoms with E-state index >= 15 is 0 Å². The van der Waals surface area contributed by atoms with Crippen LogP contribution >= 0.6 is 15.6 Å². The third-order valence-corrected chi connectivity index (χ3v) is 1.06. The van der Waals surface area contributed by atoms with Crippen molar-refractivity contribution in [3.63, 3.8) is 0 Å². The molecule has 65 valence electrons. The minimum Gasteiger partial charge on any atom is -0.320 e. The molecule has 0 aromatic heterocycles. The summed E-state index contributed by atoms with van der Waals surface area (Å²) in [6.07, 6.45) is 0. The second-order valence-corrected chi connectivity index (χ2v) is 3.67. The molecule has 11 heteroatoms. The summed E-state index contributed by atoms with van der Waals surface area (Å²) in [4.78, 5) is 29.6. The van der Waals surface area contributed by atoms with Gasteiger partial charge in [-0.2, -0.15) is 0 Å². The van der Waals surface area contributed by atoms with E-state index in [0.29, 0.717) is 0 Å². The smallest absolute Gasteiger partial charge is 0.320 e. The van der Waals surface area contributed by atoms with Crippen LogP contribution in [0.3, 0.4) is 0 Å². The van der Waals surface area contributed by atoms with E-state index in [0.717, 1.165) is 7.69 Å². The Kier molecular flexibility index (Phi) is 3.89. The summed E-state index contributed by atoms with van der Waals surface area (Å²) in [6, 6.07) is 0. The van der Waals surface area contributed by atoms with Crippen LogP contribution in [0.4, 0.5) is 0 Å². The molecule has 0 bridgehead atoms. The molecular weight excluding hydrogens is 201 g/mol. The highest BCUT2D eigenvalue weighted by atomic mass is 31.2. The lowest BCUT2D eigenvalue weighted by atomic mass is 10.4. The number of hydrogen-bond acceptors (Lipinski definition) is 4. The van der Waals surface area contributed by atoms with E-state index < -0.39 is 15.6 Å². The summed E-state index contributed by atoms with van der Waals surface area (Å²) in [5.74, 6) is 0. The molecule has 11 heavy (non-hydrogen) atoms. The van der Waals surface area contributed by atoms with Crippen LogP contribution in [0, 0.1) is 0 Å². The minimum atomic E-state index is -4.64. The monoisotopic (exact) mass is 205 g/mol. The van der Waals surface area contributed by atoms with Gasteiger partial charge in [0.15, 0.2) is 0 Å². The van der Waals surface area contributed by atoms with Crippen LogP contribution in [0.1, 0.15) is 0 Å². The van der Waals surface area contributed by atoms with Gasteiger partial charge in [0.1, 0.15) is 0 Å². The predicted octanol–water partition coefficient (Wildman–Crippen LogP) is -1.26. The van der Waals surface area contributed by atoms with Crippen molar-refractivity contribution >= 4 is 23.3 Å². The summed E-state index contributed by atoms with van der Waals surface area (Å²) < 4.78 is 26.4. The zero-order chi connectivity index (χ0) is 9.12. The molecule has 0 aliphatic carbocycles.